The molecule has 0 saturated carbocycles. The van der Waals surface area contributed by atoms with E-state index in [2.05, 4.69) is 25.2 Å². The highest BCUT2D eigenvalue weighted by Gasteiger charge is 2.09. The molecule has 122 valence electrons. The van der Waals surface area contributed by atoms with Crippen LogP contribution in [0.2, 0.25) is 0 Å². The van der Waals surface area contributed by atoms with E-state index in [0.29, 0.717) is 25.4 Å². The van der Waals surface area contributed by atoms with E-state index in [1.54, 1.807) is 0 Å². The first kappa shape index (κ1) is 17.1. The van der Waals surface area contributed by atoms with Crippen molar-refractivity contribution in [2.75, 3.05) is 11.9 Å². The van der Waals surface area contributed by atoms with Crippen LogP contribution in [0.3, 0.4) is 0 Å². The Kier molecular flexibility index (Phi) is 6.21. The summed E-state index contributed by atoms with van der Waals surface area (Å²) in [4.78, 5) is 12.1. The molecule has 2 aromatic carbocycles. The lowest BCUT2D eigenvalue weighted by Crippen LogP contribution is -2.14. The van der Waals surface area contributed by atoms with Gasteiger partial charge in [-0.25, -0.2) is 0 Å². The molecular formula is C20H25NO2. The second-order valence-electron chi connectivity index (χ2n) is 6.06. The molecule has 0 spiro atoms. The van der Waals surface area contributed by atoms with Gasteiger partial charge in [-0.1, -0.05) is 49.7 Å². The number of anilines is 1. The quantitative estimate of drug-likeness (QED) is 0.737. The van der Waals surface area contributed by atoms with Crippen LogP contribution in [-0.2, 0) is 4.79 Å². The lowest BCUT2D eigenvalue weighted by Gasteiger charge is -2.13. The molecule has 2 rings (SSSR count). The molecule has 3 nitrogen and oxygen atoms in total. The molecule has 0 radical (unpaired) electrons. The predicted molar refractivity (Wildman–Crippen MR) is 95.1 cm³/mol. The highest BCUT2D eigenvalue weighted by Crippen LogP contribution is 2.23. The van der Waals surface area contributed by atoms with Crippen molar-refractivity contribution in [3.8, 4) is 5.75 Å². The molecule has 0 fully saturated rings. The Morgan fingerprint density at radius 1 is 1.09 bits per heavy atom. The van der Waals surface area contributed by atoms with Crippen LogP contribution in [0.4, 0.5) is 5.69 Å². The first-order valence-electron chi connectivity index (χ1n) is 8.14. The van der Waals surface area contributed by atoms with E-state index in [-0.39, 0.29) is 5.91 Å². The van der Waals surface area contributed by atoms with Gasteiger partial charge in [-0.05, 0) is 43.0 Å². The Morgan fingerprint density at radius 2 is 1.78 bits per heavy atom. The van der Waals surface area contributed by atoms with Crippen LogP contribution in [0.15, 0.2) is 48.5 Å². The summed E-state index contributed by atoms with van der Waals surface area (Å²) in [5.41, 5.74) is 3.28. The lowest BCUT2D eigenvalue weighted by molar-refractivity contribution is -0.116. The van der Waals surface area contributed by atoms with E-state index in [4.69, 9.17) is 4.74 Å². The third kappa shape index (κ3) is 5.44. The average Bonchev–Trinajstić information content (AvgIpc) is 2.53. The Labute approximate surface area is 138 Å². The van der Waals surface area contributed by atoms with Gasteiger partial charge in [-0.15, -0.1) is 0 Å². The highest BCUT2D eigenvalue weighted by molar-refractivity contribution is 5.91. The summed E-state index contributed by atoms with van der Waals surface area (Å²) < 4.78 is 5.64. The molecule has 1 N–H and O–H groups in total. The molecule has 3 heteroatoms. The number of benzene rings is 2. The minimum Gasteiger partial charge on any atom is -0.494 e. The summed E-state index contributed by atoms with van der Waals surface area (Å²) in [6.45, 7) is 6.84. The van der Waals surface area contributed by atoms with Crippen molar-refractivity contribution in [1.82, 2.24) is 0 Å². The summed E-state index contributed by atoms with van der Waals surface area (Å²) >= 11 is 0. The number of hydrogen-bond donors (Lipinski definition) is 1. The van der Waals surface area contributed by atoms with E-state index < -0.39 is 0 Å². The van der Waals surface area contributed by atoms with Crippen LogP contribution < -0.4 is 10.1 Å². The molecule has 0 atom stereocenters. The zero-order chi connectivity index (χ0) is 16.7. The van der Waals surface area contributed by atoms with E-state index in [0.717, 1.165) is 17.0 Å². The number of para-hydroxylation sites is 1. The summed E-state index contributed by atoms with van der Waals surface area (Å²) in [6.07, 6.45) is 1.15. The second-order valence-corrected chi connectivity index (χ2v) is 6.06. The maximum absolute atomic E-state index is 12.1. The van der Waals surface area contributed by atoms with Gasteiger partial charge in [0.15, 0.2) is 0 Å². The van der Waals surface area contributed by atoms with Crippen LogP contribution >= 0.6 is 0 Å². The number of carbonyl (C=O) groups excluding carboxylic acids is 1. The van der Waals surface area contributed by atoms with Gasteiger partial charge in [-0.3, -0.25) is 4.79 Å². The first-order chi connectivity index (χ1) is 11.1. The Balaban J connectivity index is 1.76. The van der Waals surface area contributed by atoms with Gasteiger partial charge in [0.1, 0.15) is 5.75 Å². The number of ether oxygens (including phenoxy) is 1. The number of amides is 1. The largest absolute Gasteiger partial charge is 0.494 e. The maximum Gasteiger partial charge on any atom is 0.224 e. The molecule has 23 heavy (non-hydrogen) atoms. The number of carbonyl (C=O) groups is 1. The van der Waals surface area contributed by atoms with Crippen molar-refractivity contribution in [3.63, 3.8) is 0 Å². The molecule has 2 aromatic rings. The van der Waals surface area contributed by atoms with Crippen LogP contribution in [0.5, 0.6) is 5.75 Å². The molecule has 0 aromatic heterocycles. The fourth-order valence-electron chi connectivity index (χ4n) is 2.38. The highest BCUT2D eigenvalue weighted by atomic mass is 16.5. The van der Waals surface area contributed by atoms with Gasteiger partial charge in [0.25, 0.3) is 0 Å². The number of nitrogens with one attached hydrogen (secondary N) is 1. The Hall–Kier alpha value is -2.29. The van der Waals surface area contributed by atoms with Crippen molar-refractivity contribution in [2.45, 2.75) is 39.5 Å². The van der Waals surface area contributed by atoms with E-state index in [1.165, 1.54) is 5.56 Å². The van der Waals surface area contributed by atoms with Gasteiger partial charge in [0.2, 0.25) is 5.91 Å². The molecule has 0 saturated heterocycles. The molecule has 0 aliphatic carbocycles. The van der Waals surface area contributed by atoms with E-state index >= 15 is 0 Å². The van der Waals surface area contributed by atoms with Crippen molar-refractivity contribution < 1.29 is 9.53 Å². The third-order valence-electron chi connectivity index (χ3n) is 3.69. The second kappa shape index (κ2) is 8.37. The summed E-state index contributed by atoms with van der Waals surface area (Å²) in [6, 6.07) is 15.9. The van der Waals surface area contributed by atoms with Crippen molar-refractivity contribution >= 4 is 11.6 Å². The minimum absolute atomic E-state index is 0.0330. The Bertz CT molecular complexity index is 632. The van der Waals surface area contributed by atoms with E-state index in [9.17, 15) is 4.79 Å². The molecule has 0 aliphatic heterocycles. The zero-order valence-electron chi connectivity index (χ0n) is 14.1. The van der Waals surface area contributed by atoms with Crippen molar-refractivity contribution in [1.29, 1.82) is 0 Å². The number of aryl methyl sites for hydroxylation is 1. The molecule has 0 heterocycles. The first-order valence-corrected chi connectivity index (χ1v) is 8.14. The minimum atomic E-state index is 0.0330. The standard InChI is InChI=1S/C20H25NO2/c1-15(2)18-7-4-5-8-19(18)21-20(22)9-6-14-23-17-12-10-16(3)11-13-17/h4-5,7-8,10-13,15H,6,9,14H2,1-3H3,(H,21,22). The lowest BCUT2D eigenvalue weighted by atomic mass is 10.0. The summed E-state index contributed by atoms with van der Waals surface area (Å²) in [5.74, 6) is 1.27. The van der Waals surface area contributed by atoms with Gasteiger partial charge < -0.3 is 10.1 Å². The van der Waals surface area contributed by atoms with Crippen molar-refractivity contribution in [3.05, 3.63) is 59.7 Å². The maximum atomic E-state index is 12.1. The van der Waals surface area contributed by atoms with Crippen LogP contribution in [0.1, 0.15) is 43.7 Å². The third-order valence-corrected chi connectivity index (χ3v) is 3.69. The van der Waals surface area contributed by atoms with Crippen LogP contribution in [-0.4, -0.2) is 12.5 Å². The fourth-order valence-corrected chi connectivity index (χ4v) is 2.38. The SMILES string of the molecule is Cc1ccc(OCCCC(=O)Nc2ccccc2C(C)C)cc1. The predicted octanol–water partition coefficient (Wildman–Crippen LogP) is 4.92. The van der Waals surface area contributed by atoms with Gasteiger partial charge in [0.05, 0.1) is 6.61 Å². The fraction of sp³-hybridized carbons (Fsp3) is 0.350. The molecule has 1 amide bonds. The van der Waals surface area contributed by atoms with E-state index in [1.807, 2.05) is 49.4 Å². The van der Waals surface area contributed by atoms with Crippen LogP contribution in [0, 0.1) is 6.92 Å². The normalized spacial score (nSPS) is 10.6. The number of hydrogen-bond acceptors (Lipinski definition) is 2. The van der Waals surface area contributed by atoms with Gasteiger partial charge in [0, 0.05) is 12.1 Å². The topological polar surface area (TPSA) is 38.3 Å². The van der Waals surface area contributed by atoms with Crippen LogP contribution in [0.25, 0.3) is 0 Å². The zero-order valence-corrected chi connectivity index (χ0v) is 14.1. The Morgan fingerprint density at radius 3 is 2.48 bits per heavy atom. The number of rotatable bonds is 7. The monoisotopic (exact) mass is 311 g/mol. The molecule has 0 bridgehead atoms. The smallest absolute Gasteiger partial charge is 0.224 e. The summed E-state index contributed by atoms with van der Waals surface area (Å²) in [5, 5.41) is 3.00. The average molecular weight is 311 g/mol. The molecule has 0 unspecified atom stereocenters. The van der Waals surface area contributed by atoms with Gasteiger partial charge in [-0.2, -0.15) is 0 Å². The molecule has 0 aliphatic rings. The summed E-state index contributed by atoms with van der Waals surface area (Å²) in [7, 11) is 0. The van der Waals surface area contributed by atoms with Crippen molar-refractivity contribution in [2.24, 2.45) is 0 Å². The van der Waals surface area contributed by atoms with Gasteiger partial charge >= 0.3 is 0 Å². The molecular weight excluding hydrogens is 286 g/mol.